The number of aromatic nitrogens is 2. The van der Waals surface area contributed by atoms with Gasteiger partial charge in [-0.15, -0.1) is 0 Å². The second kappa shape index (κ2) is 3.12. The minimum Gasteiger partial charge on any atom is -0.480 e. The molecule has 6 nitrogen and oxygen atoms in total. The van der Waals surface area contributed by atoms with Crippen LogP contribution in [0.25, 0.3) is 0 Å². The lowest BCUT2D eigenvalue weighted by Crippen LogP contribution is -2.13. The number of nitrogen functional groups attached to an aromatic ring is 1. The second-order valence-electron chi connectivity index (χ2n) is 2.35. The van der Waals surface area contributed by atoms with Gasteiger partial charge in [-0.1, -0.05) is 0 Å². The minimum atomic E-state index is -0.944. The summed E-state index contributed by atoms with van der Waals surface area (Å²) in [6.07, 6.45) is 1.60. The molecule has 12 heavy (non-hydrogen) atoms. The average molecular weight is 170 g/mol. The Morgan fingerprint density at radius 2 is 2.58 bits per heavy atom. The molecule has 1 rings (SSSR count). The number of aliphatic carboxylic acids is 1. The summed E-state index contributed by atoms with van der Waals surface area (Å²) in [5.41, 5.74) is 5.93. The molecule has 0 spiro atoms. The Morgan fingerprint density at radius 3 is 3.00 bits per heavy atom. The number of nitrogens with one attached hydrogen (secondary N) is 1. The van der Waals surface area contributed by atoms with Gasteiger partial charge in [-0.05, 0) is 0 Å². The Labute approximate surface area is 69.0 Å². The highest BCUT2D eigenvalue weighted by molar-refractivity contribution is 5.74. The van der Waals surface area contributed by atoms with Gasteiger partial charge in [0.1, 0.15) is 6.54 Å². The van der Waals surface area contributed by atoms with Crippen molar-refractivity contribution in [1.29, 1.82) is 0 Å². The molecule has 0 saturated heterocycles. The smallest absolute Gasteiger partial charge is 0.322 e. The molecular formula is C6H10N4O2. The first-order valence-corrected chi connectivity index (χ1v) is 3.34. The monoisotopic (exact) mass is 170 g/mol. The number of anilines is 2. The van der Waals surface area contributed by atoms with E-state index in [4.69, 9.17) is 10.8 Å². The summed E-state index contributed by atoms with van der Waals surface area (Å²) < 4.78 is 1.51. The SMILES string of the molecule is Cn1cc(N)c(NCC(=O)O)n1. The van der Waals surface area contributed by atoms with Crippen LogP contribution in [0.1, 0.15) is 0 Å². The van der Waals surface area contributed by atoms with Crippen LogP contribution in [0.4, 0.5) is 11.5 Å². The van der Waals surface area contributed by atoms with E-state index in [1.54, 1.807) is 13.2 Å². The molecule has 4 N–H and O–H groups in total. The molecule has 1 aromatic heterocycles. The molecule has 0 amide bonds. The van der Waals surface area contributed by atoms with Crippen LogP contribution in [0.3, 0.4) is 0 Å². The van der Waals surface area contributed by atoms with E-state index < -0.39 is 5.97 Å². The Balaban J connectivity index is 2.62. The zero-order valence-corrected chi connectivity index (χ0v) is 6.61. The topological polar surface area (TPSA) is 93.2 Å². The fourth-order valence-electron chi connectivity index (χ4n) is 0.804. The van der Waals surface area contributed by atoms with E-state index in [1.807, 2.05) is 0 Å². The molecule has 0 bridgehead atoms. The quantitative estimate of drug-likeness (QED) is 0.568. The lowest BCUT2D eigenvalue weighted by Gasteiger charge is -1.97. The average Bonchev–Trinajstić information content (AvgIpc) is 2.26. The highest BCUT2D eigenvalue weighted by atomic mass is 16.4. The number of carboxylic acid groups (broad SMARTS) is 1. The largest absolute Gasteiger partial charge is 0.480 e. The predicted molar refractivity (Wildman–Crippen MR) is 43.7 cm³/mol. The summed E-state index contributed by atoms with van der Waals surface area (Å²) in [5, 5.41) is 14.8. The Bertz CT molecular complexity index is 294. The van der Waals surface area contributed by atoms with Gasteiger partial charge in [0.2, 0.25) is 0 Å². The van der Waals surface area contributed by atoms with E-state index in [0.29, 0.717) is 11.5 Å². The third kappa shape index (κ3) is 1.88. The number of carbonyl (C=O) groups is 1. The molecule has 0 unspecified atom stereocenters. The highest BCUT2D eigenvalue weighted by Crippen LogP contribution is 2.13. The van der Waals surface area contributed by atoms with Crippen molar-refractivity contribution in [2.24, 2.45) is 7.05 Å². The molecule has 1 aromatic rings. The van der Waals surface area contributed by atoms with Crippen molar-refractivity contribution >= 4 is 17.5 Å². The molecule has 0 atom stereocenters. The fourth-order valence-corrected chi connectivity index (χ4v) is 0.804. The summed E-state index contributed by atoms with van der Waals surface area (Å²) >= 11 is 0. The maximum atomic E-state index is 10.2. The summed E-state index contributed by atoms with van der Waals surface area (Å²) in [6, 6.07) is 0. The van der Waals surface area contributed by atoms with Gasteiger partial charge >= 0.3 is 5.97 Å². The van der Waals surface area contributed by atoms with Gasteiger partial charge in [-0.25, -0.2) is 0 Å². The first-order valence-electron chi connectivity index (χ1n) is 3.34. The highest BCUT2D eigenvalue weighted by Gasteiger charge is 2.04. The number of hydrogen-bond donors (Lipinski definition) is 3. The number of carboxylic acids is 1. The minimum absolute atomic E-state index is 0.179. The molecular weight excluding hydrogens is 160 g/mol. The Morgan fingerprint density at radius 1 is 1.92 bits per heavy atom. The van der Waals surface area contributed by atoms with Crippen molar-refractivity contribution < 1.29 is 9.90 Å². The zero-order valence-electron chi connectivity index (χ0n) is 6.61. The van der Waals surface area contributed by atoms with Crippen molar-refractivity contribution in [2.45, 2.75) is 0 Å². The first-order chi connectivity index (χ1) is 5.59. The van der Waals surface area contributed by atoms with Gasteiger partial charge in [0.15, 0.2) is 5.82 Å². The van der Waals surface area contributed by atoms with Crippen LogP contribution in [0.2, 0.25) is 0 Å². The molecule has 6 heteroatoms. The van der Waals surface area contributed by atoms with Crippen LogP contribution in [0, 0.1) is 0 Å². The van der Waals surface area contributed by atoms with E-state index >= 15 is 0 Å². The lowest BCUT2D eigenvalue weighted by molar-refractivity contribution is -0.134. The zero-order chi connectivity index (χ0) is 9.14. The van der Waals surface area contributed by atoms with Crippen LogP contribution in [0.5, 0.6) is 0 Å². The van der Waals surface area contributed by atoms with Crippen molar-refractivity contribution in [3.63, 3.8) is 0 Å². The fraction of sp³-hybridized carbons (Fsp3) is 0.333. The van der Waals surface area contributed by atoms with Crippen molar-refractivity contribution in [3.05, 3.63) is 6.20 Å². The number of nitrogens with zero attached hydrogens (tertiary/aromatic N) is 2. The Hall–Kier alpha value is -1.72. The number of hydrogen-bond acceptors (Lipinski definition) is 4. The summed E-state index contributed by atoms with van der Waals surface area (Å²) in [6.45, 7) is -0.179. The molecule has 66 valence electrons. The van der Waals surface area contributed by atoms with E-state index in [-0.39, 0.29) is 6.54 Å². The summed E-state index contributed by atoms with van der Waals surface area (Å²) in [7, 11) is 1.71. The third-order valence-electron chi connectivity index (χ3n) is 1.26. The lowest BCUT2D eigenvalue weighted by atomic mass is 10.5. The van der Waals surface area contributed by atoms with E-state index in [0.717, 1.165) is 0 Å². The molecule has 0 aromatic carbocycles. The van der Waals surface area contributed by atoms with Gasteiger partial charge in [0, 0.05) is 13.2 Å². The number of rotatable bonds is 3. The second-order valence-corrected chi connectivity index (χ2v) is 2.35. The van der Waals surface area contributed by atoms with E-state index in [2.05, 4.69) is 10.4 Å². The van der Waals surface area contributed by atoms with Crippen molar-refractivity contribution in [2.75, 3.05) is 17.6 Å². The molecule has 0 aliphatic rings. The number of aryl methyl sites for hydroxylation is 1. The predicted octanol–water partition coefficient (Wildman–Crippen LogP) is -0.501. The van der Waals surface area contributed by atoms with E-state index in [1.165, 1.54) is 4.68 Å². The van der Waals surface area contributed by atoms with Crippen LogP contribution < -0.4 is 11.1 Å². The van der Waals surface area contributed by atoms with Crippen LogP contribution in [0.15, 0.2) is 6.20 Å². The summed E-state index contributed by atoms with van der Waals surface area (Å²) in [5.74, 6) is -0.542. The first kappa shape index (κ1) is 8.38. The van der Waals surface area contributed by atoms with E-state index in [9.17, 15) is 4.79 Å². The van der Waals surface area contributed by atoms with Gasteiger partial charge in [0.25, 0.3) is 0 Å². The van der Waals surface area contributed by atoms with Crippen LogP contribution in [-0.4, -0.2) is 27.4 Å². The van der Waals surface area contributed by atoms with Gasteiger partial charge in [0.05, 0.1) is 5.69 Å². The maximum absolute atomic E-state index is 10.2. The van der Waals surface area contributed by atoms with Gasteiger partial charge in [-0.3, -0.25) is 9.48 Å². The summed E-state index contributed by atoms with van der Waals surface area (Å²) in [4.78, 5) is 10.2. The molecule has 0 aliphatic heterocycles. The van der Waals surface area contributed by atoms with Crippen molar-refractivity contribution in [1.82, 2.24) is 9.78 Å². The van der Waals surface area contributed by atoms with Gasteiger partial charge < -0.3 is 16.2 Å². The molecule has 0 fully saturated rings. The maximum Gasteiger partial charge on any atom is 0.322 e. The van der Waals surface area contributed by atoms with Crippen LogP contribution >= 0.6 is 0 Å². The normalized spacial score (nSPS) is 9.75. The third-order valence-corrected chi connectivity index (χ3v) is 1.26. The standard InChI is InChI=1S/C6H10N4O2/c1-10-3-4(7)6(9-10)8-2-5(11)12/h3H,2,7H2,1H3,(H,8,9)(H,11,12). The number of nitrogens with two attached hydrogens (primary N) is 1. The molecule has 0 saturated carbocycles. The Kier molecular flexibility index (Phi) is 2.18. The molecule has 0 aliphatic carbocycles. The van der Waals surface area contributed by atoms with Gasteiger partial charge in [-0.2, -0.15) is 5.10 Å². The van der Waals surface area contributed by atoms with Crippen LogP contribution in [-0.2, 0) is 11.8 Å². The molecule has 1 heterocycles. The van der Waals surface area contributed by atoms with Crippen molar-refractivity contribution in [3.8, 4) is 0 Å². The molecule has 0 radical (unpaired) electrons.